The molecule has 2 aliphatic rings. The largest absolute Gasteiger partial charge is 0.454 e. The molecule has 0 aliphatic carbocycles. The lowest BCUT2D eigenvalue weighted by Gasteiger charge is -2.19. The zero-order chi connectivity index (χ0) is 22.5. The third-order valence-corrected chi connectivity index (χ3v) is 5.12. The van der Waals surface area contributed by atoms with Crippen LogP contribution in [0.1, 0.15) is 18.1 Å². The lowest BCUT2D eigenvalue weighted by molar-refractivity contribution is -0.117. The molecular weight excluding hydrogens is 549 g/mol. The summed E-state index contributed by atoms with van der Waals surface area (Å²) in [6.07, 6.45) is 0.826. The first-order valence-electron chi connectivity index (χ1n) is 10.3. The molecule has 0 saturated carbocycles. The summed E-state index contributed by atoms with van der Waals surface area (Å²) < 4.78 is 40.8. The first kappa shape index (κ1) is 24.8. The molecule has 0 saturated heterocycles. The molecule has 178 valence electrons. The number of hydrogen-bond donors (Lipinski definition) is 2. The van der Waals surface area contributed by atoms with Crippen molar-refractivity contribution in [2.24, 2.45) is 4.99 Å². The second-order valence-electron chi connectivity index (χ2n) is 7.16. The number of hydrogen-bond acceptors (Lipinski definition) is 5. The van der Waals surface area contributed by atoms with Gasteiger partial charge in [-0.1, -0.05) is 18.2 Å². The molecule has 0 unspecified atom stereocenters. The number of carbonyl (C=O) groups is 1. The second kappa shape index (κ2) is 11.3. The van der Waals surface area contributed by atoms with Crippen LogP contribution in [0.2, 0.25) is 0 Å². The first-order chi connectivity index (χ1) is 15.5. The number of ether oxygens (including phenoxy) is 3. The van der Waals surface area contributed by atoms with Crippen molar-refractivity contribution in [1.29, 1.82) is 0 Å². The van der Waals surface area contributed by atoms with Crippen molar-refractivity contribution >= 4 is 41.5 Å². The van der Waals surface area contributed by atoms with Gasteiger partial charge >= 0.3 is 6.61 Å². The van der Waals surface area contributed by atoms with Crippen LogP contribution in [0.15, 0.2) is 41.4 Å². The number of para-hydroxylation sites is 1. The maximum absolute atomic E-state index is 12.8. The minimum Gasteiger partial charge on any atom is -0.454 e. The molecule has 0 spiro atoms. The Morgan fingerprint density at radius 2 is 1.97 bits per heavy atom. The summed E-state index contributed by atoms with van der Waals surface area (Å²) in [4.78, 5) is 18.9. The van der Waals surface area contributed by atoms with Gasteiger partial charge in [0.1, 0.15) is 5.75 Å². The number of rotatable bonds is 7. The lowest BCUT2D eigenvalue weighted by Crippen LogP contribution is -2.44. The standard InChI is InChI=1S/C22H24F2N4O4.HI/c1-2-25-22(27-12-20(29)28-8-7-14-5-3-4-6-16(14)28)26-11-15-9-18-19(31-13-30-18)10-17(15)32-21(23)24;/h3-6,9-10,21H,2,7-8,11-13H2,1H3,(H2,25,26,27);1H. The van der Waals surface area contributed by atoms with Crippen LogP contribution < -0.4 is 29.7 Å². The molecule has 0 bridgehead atoms. The summed E-state index contributed by atoms with van der Waals surface area (Å²) in [7, 11) is 0. The summed E-state index contributed by atoms with van der Waals surface area (Å²) in [6.45, 7) is 0.207. The molecule has 0 fully saturated rings. The average molecular weight is 574 g/mol. The van der Waals surface area contributed by atoms with E-state index in [2.05, 4.69) is 20.4 Å². The summed E-state index contributed by atoms with van der Waals surface area (Å²) in [5.41, 5.74) is 2.48. The minimum atomic E-state index is -2.98. The molecule has 0 aromatic heterocycles. The number of guanidine groups is 1. The van der Waals surface area contributed by atoms with Gasteiger partial charge in [-0.25, -0.2) is 4.99 Å². The number of benzene rings is 2. The van der Waals surface area contributed by atoms with Crippen molar-refractivity contribution in [2.75, 3.05) is 31.3 Å². The molecule has 4 rings (SSSR count). The predicted octanol–water partition coefficient (Wildman–Crippen LogP) is 3.28. The number of halogens is 3. The van der Waals surface area contributed by atoms with E-state index < -0.39 is 6.61 Å². The van der Waals surface area contributed by atoms with Gasteiger partial charge in [-0.05, 0) is 31.0 Å². The summed E-state index contributed by atoms with van der Waals surface area (Å²) in [5.74, 6) is 1.06. The van der Waals surface area contributed by atoms with Crippen molar-refractivity contribution < 1.29 is 27.8 Å². The number of amides is 1. The third-order valence-electron chi connectivity index (χ3n) is 5.12. The summed E-state index contributed by atoms with van der Waals surface area (Å²) >= 11 is 0. The summed E-state index contributed by atoms with van der Waals surface area (Å²) in [6, 6.07) is 10.8. The van der Waals surface area contributed by atoms with Gasteiger partial charge in [0.2, 0.25) is 12.7 Å². The molecule has 8 nitrogen and oxygen atoms in total. The molecule has 2 aliphatic heterocycles. The zero-order valence-electron chi connectivity index (χ0n) is 18.0. The Balaban J connectivity index is 0.00000306. The normalized spacial score (nSPS) is 14.1. The number of anilines is 1. The van der Waals surface area contributed by atoms with Crippen molar-refractivity contribution in [3.05, 3.63) is 47.5 Å². The van der Waals surface area contributed by atoms with E-state index in [-0.39, 0.29) is 55.5 Å². The van der Waals surface area contributed by atoms with Crippen LogP contribution in [0.25, 0.3) is 0 Å². The van der Waals surface area contributed by atoms with Crippen LogP contribution in [-0.2, 0) is 17.8 Å². The van der Waals surface area contributed by atoms with Crippen LogP contribution >= 0.6 is 24.0 Å². The van der Waals surface area contributed by atoms with E-state index in [4.69, 9.17) is 9.47 Å². The van der Waals surface area contributed by atoms with Crippen LogP contribution in [0.4, 0.5) is 14.5 Å². The molecule has 11 heteroatoms. The van der Waals surface area contributed by atoms with E-state index in [1.807, 2.05) is 31.2 Å². The van der Waals surface area contributed by atoms with Gasteiger partial charge in [0.15, 0.2) is 17.5 Å². The highest BCUT2D eigenvalue weighted by molar-refractivity contribution is 14.0. The first-order valence-corrected chi connectivity index (χ1v) is 10.3. The maximum atomic E-state index is 12.8. The number of aliphatic imine (C=N–C) groups is 1. The van der Waals surface area contributed by atoms with E-state index in [9.17, 15) is 13.6 Å². The fraction of sp³-hybridized carbons (Fsp3) is 0.364. The van der Waals surface area contributed by atoms with Crippen molar-refractivity contribution in [3.63, 3.8) is 0 Å². The van der Waals surface area contributed by atoms with Gasteiger partial charge < -0.3 is 29.7 Å². The van der Waals surface area contributed by atoms with Crippen LogP contribution in [0.5, 0.6) is 17.2 Å². The number of nitrogens with zero attached hydrogens (tertiary/aromatic N) is 2. The molecule has 33 heavy (non-hydrogen) atoms. The van der Waals surface area contributed by atoms with Gasteiger partial charge in [-0.3, -0.25) is 4.79 Å². The Hall–Kier alpha value is -2.83. The summed E-state index contributed by atoms with van der Waals surface area (Å²) in [5, 5.41) is 6.07. The Labute approximate surface area is 207 Å². The van der Waals surface area contributed by atoms with E-state index in [0.717, 1.165) is 17.7 Å². The van der Waals surface area contributed by atoms with Gasteiger partial charge in [0, 0.05) is 30.4 Å². The Morgan fingerprint density at radius 1 is 1.21 bits per heavy atom. The number of carbonyl (C=O) groups excluding carboxylic acids is 1. The smallest absolute Gasteiger partial charge is 0.387 e. The van der Waals surface area contributed by atoms with Crippen molar-refractivity contribution in [2.45, 2.75) is 26.5 Å². The van der Waals surface area contributed by atoms with Crippen molar-refractivity contribution in [1.82, 2.24) is 10.6 Å². The molecule has 2 heterocycles. The maximum Gasteiger partial charge on any atom is 0.387 e. The molecule has 0 atom stereocenters. The third kappa shape index (κ3) is 5.95. The highest BCUT2D eigenvalue weighted by Crippen LogP contribution is 2.39. The topological polar surface area (TPSA) is 84.4 Å². The van der Waals surface area contributed by atoms with Crippen LogP contribution in [0.3, 0.4) is 0 Å². The number of alkyl halides is 2. The van der Waals surface area contributed by atoms with Gasteiger partial charge in [-0.2, -0.15) is 8.78 Å². The highest BCUT2D eigenvalue weighted by atomic mass is 127. The van der Waals surface area contributed by atoms with Crippen LogP contribution in [-0.4, -0.2) is 44.9 Å². The highest BCUT2D eigenvalue weighted by Gasteiger charge is 2.24. The molecule has 1 amide bonds. The SMILES string of the molecule is CCNC(=NCc1cc2c(cc1OC(F)F)OCO2)NCC(=O)N1CCc2ccccc21.I. The molecular formula is C22H25F2IN4O4. The van der Waals surface area contributed by atoms with Gasteiger partial charge in [0.05, 0.1) is 13.1 Å². The van der Waals surface area contributed by atoms with Gasteiger partial charge in [-0.15, -0.1) is 24.0 Å². The number of nitrogens with one attached hydrogen (secondary N) is 2. The molecule has 2 N–H and O–H groups in total. The van der Waals surface area contributed by atoms with E-state index in [1.54, 1.807) is 11.0 Å². The van der Waals surface area contributed by atoms with E-state index in [0.29, 0.717) is 36.1 Å². The Morgan fingerprint density at radius 3 is 2.73 bits per heavy atom. The Bertz CT molecular complexity index is 1020. The zero-order valence-corrected chi connectivity index (χ0v) is 20.3. The van der Waals surface area contributed by atoms with Crippen molar-refractivity contribution in [3.8, 4) is 17.2 Å². The molecule has 2 aromatic carbocycles. The van der Waals surface area contributed by atoms with Crippen LogP contribution in [0, 0.1) is 0 Å². The van der Waals surface area contributed by atoms with Gasteiger partial charge in [0.25, 0.3) is 0 Å². The predicted molar refractivity (Wildman–Crippen MR) is 130 cm³/mol. The number of fused-ring (bicyclic) bond motifs is 2. The van der Waals surface area contributed by atoms with E-state index >= 15 is 0 Å². The fourth-order valence-corrected chi connectivity index (χ4v) is 3.65. The average Bonchev–Trinajstić information content (AvgIpc) is 3.41. The molecule has 0 radical (unpaired) electrons. The Kier molecular flexibility index (Phi) is 8.53. The quantitative estimate of drug-likeness (QED) is 0.300. The lowest BCUT2D eigenvalue weighted by atomic mass is 10.1. The fourth-order valence-electron chi connectivity index (χ4n) is 3.65. The second-order valence-corrected chi connectivity index (χ2v) is 7.16. The van der Waals surface area contributed by atoms with E-state index in [1.165, 1.54) is 6.07 Å². The molecule has 2 aromatic rings. The minimum absolute atomic E-state index is 0. The monoisotopic (exact) mass is 574 g/mol.